The first kappa shape index (κ1) is 18.7. The molecule has 0 unspecified atom stereocenters. The quantitative estimate of drug-likeness (QED) is 0.373. The highest BCUT2D eigenvalue weighted by atomic mass is 127. The molecule has 0 radical (unpaired) electrons. The van der Waals surface area contributed by atoms with E-state index in [-0.39, 0.29) is 11.1 Å². The number of nitrogens with zero attached hydrogens (tertiary/aromatic N) is 1. The van der Waals surface area contributed by atoms with Crippen molar-refractivity contribution in [3.63, 3.8) is 0 Å². The number of benzene rings is 2. The third kappa shape index (κ3) is 4.56. The number of imide groups is 1. The maximum Gasteiger partial charge on any atom is 0.293 e. The summed E-state index contributed by atoms with van der Waals surface area (Å²) < 4.78 is 8.02. The van der Waals surface area contributed by atoms with Crippen LogP contribution >= 0.6 is 56.9 Å². The Morgan fingerprint density at radius 1 is 1.12 bits per heavy atom. The van der Waals surface area contributed by atoms with Crippen molar-refractivity contribution >= 4 is 74.2 Å². The van der Waals surface area contributed by atoms with Gasteiger partial charge in [-0.25, -0.2) is 0 Å². The summed E-state index contributed by atoms with van der Waals surface area (Å²) in [6, 6.07) is 13.9. The largest absolute Gasteiger partial charge is 0.488 e. The van der Waals surface area contributed by atoms with Gasteiger partial charge in [-0.15, -0.1) is 0 Å². The fraction of sp³-hybridized carbons (Fsp3) is 0.111. The van der Waals surface area contributed by atoms with Gasteiger partial charge in [0.25, 0.3) is 11.1 Å². The number of likely N-dealkylation sites (N-methyl/N-ethyl adjacent to an activating group) is 1. The molecular weight excluding hydrogens is 564 g/mol. The number of carbonyl (C=O) groups excluding carboxylic acids is 2. The molecule has 2 amide bonds. The zero-order valence-electron chi connectivity index (χ0n) is 13.2. The monoisotopic (exact) mass is 577 g/mol. The molecule has 7 heteroatoms. The van der Waals surface area contributed by atoms with E-state index in [4.69, 9.17) is 4.74 Å². The molecule has 25 heavy (non-hydrogen) atoms. The Kier molecular flexibility index (Phi) is 6.05. The summed E-state index contributed by atoms with van der Waals surface area (Å²) in [6.45, 7) is 0.501. The molecule has 0 N–H and O–H groups in total. The third-order valence-corrected chi connectivity index (χ3v) is 6.07. The second-order valence-electron chi connectivity index (χ2n) is 5.35. The minimum Gasteiger partial charge on any atom is -0.488 e. The van der Waals surface area contributed by atoms with Gasteiger partial charge in [-0.05, 0) is 98.4 Å². The smallest absolute Gasteiger partial charge is 0.293 e. The maximum atomic E-state index is 11.9. The molecule has 2 aromatic rings. The van der Waals surface area contributed by atoms with Gasteiger partial charge < -0.3 is 4.74 Å². The summed E-state index contributed by atoms with van der Waals surface area (Å²) in [6.07, 6.45) is 1.74. The van der Waals surface area contributed by atoms with E-state index in [0.29, 0.717) is 11.5 Å². The van der Waals surface area contributed by atoms with Gasteiger partial charge in [-0.3, -0.25) is 14.5 Å². The van der Waals surface area contributed by atoms with Crippen molar-refractivity contribution < 1.29 is 14.3 Å². The van der Waals surface area contributed by atoms with Gasteiger partial charge in [0, 0.05) is 10.6 Å². The van der Waals surface area contributed by atoms with Crippen LogP contribution < -0.4 is 4.74 Å². The van der Waals surface area contributed by atoms with Crippen molar-refractivity contribution in [1.82, 2.24) is 4.90 Å². The van der Waals surface area contributed by atoms with Crippen molar-refractivity contribution in [2.45, 2.75) is 6.61 Å². The Labute approximate surface area is 177 Å². The van der Waals surface area contributed by atoms with Crippen LogP contribution in [-0.2, 0) is 11.4 Å². The number of hydrogen-bond acceptors (Lipinski definition) is 4. The third-order valence-electron chi connectivity index (χ3n) is 3.55. The molecule has 1 heterocycles. The summed E-state index contributed by atoms with van der Waals surface area (Å²) >= 11 is 5.44. The normalized spacial score (nSPS) is 16.0. The molecule has 0 aromatic heterocycles. The Bertz CT molecular complexity index is 865. The molecule has 1 aliphatic rings. The standard InChI is InChI=1S/C18H13I2NO3S/c1-21-17(22)16(25-18(21)23)9-12-4-7-15(14(20)8-12)24-10-11-2-5-13(19)6-3-11/h2-9H,10H2,1H3/b16-9-. The highest BCUT2D eigenvalue weighted by Gasteiger charge is 2.31. The molecule has 1 aliphatic heterocycles. The predicted octanol–water partition coefficient (Wildman–Crippen LogP) is 5.14. The zero-order valence-corrected chi connectivity index (χ0v) is 18.3. The van der Waals surface area contributed by atoms with Crippen molar-refractivity contribution in [2.75, 3.05) is 7.05 Å². The molecule has 1 fully saturated rings. The van der Waals surface area contributed by atoms with Crippen LogP contribution in [0.5, 0.6) is 5.75 Å². The van der Waals surface area contributed by atoms with Crippen molar-refractivity contribution in [1.29, 1.82) is 0 Å². The van der Waals surface area contributed by atoms with Crippen LogP contribution in [0.25, 0.3) is 6.08 Å². The molecule has 0 bridgehead atoms. The lowest BCUT2D eigenvalue weighted by molar-refractivity contribution is -0.121. The minimum atomic E-state index is -0.260. The molecule has 4 nitrogen and oxygen atoms in total. The summed E-state index contributed by atoms with van der Waals surface area (Å²) in [4.78, 5) is 25.1. The van der Waals surface area contributed by atoms with E-state index in [0.717, 1.165) is 37.1 Å². The van der Waals surface area contributed by atoms with Crippen LogP contribution in [0.15, 0.2) is 47.4 Å². The number of amides is 2. The van der Waals surface area contributed by atoms with E-state index in [9.17, 15) is 9.59 Å². The predicted molar refractivity (Wildman–Crippen MR) is 116 cm³/mol. The lowest BCUT2D eigenvalue weighted by Crippen LogP contribution is -2.22. The Hall–Kier alpha value is -1.07. The second kappa shape index (κ2) is 8.09. The summed E-state index contributed by atoms with van der Waals surface area (Å²) in [5.74, 6) is 0.531. The van der Waals surface area contributed by atoms with Gasteiger partial charge in [-0.1, -0.05) is 18.2 Å². The molecule has 3 rings (SSSR count). The number of hydrogen-bond donors (Lipinski definition) is 0. The molecule has 2 aromatic carbocycles. The molecular formula is C18H13I2NO3S. The van der Waals surface area contributed by atoms with Gasteiger partial charge in [0.15, 0.2) is 0 Å². The summed E-state index contributed by atoms with van der Waals surface area (Å²) in [7, 11) is 1.49. The van der Waals surface area contributed by atoms with Crippen LogP contribution in [0.1, 0.15) is 11.1 Å². The fourth-order valence-electron chi connectivity index (χ4n) is 2.16. The summed E-state index contributed by atoms with van der Waals surface area (Å²) in [5.41, 5.74) is 1.97. The molecule has 1 saturated heterocycles. The summed E-state index contributed by atoms with van der Waals surface area (Å²) in [5, 5.41) is -0.247. The Balaban J connectivity index is 1.72. The van der Waals surface area contributed by atoms with E-state index in [2.05, 4.69) is 45.2 Å². The Morgan fingerprint density at radius 3 is 2.44 bits per heavy atom. The average Bonchev–Trinajstić information content (AvgIpc) is 2.83. The lowest BCUT2D eigenvalue weighted by Gasteiger charge is -2.09. The van der Waals surface area contributed by atoms with Crippen molar-refractivity contribution in [3.05, 3.63) is 65.6 Å². The van der Waals surface area contributed by atoms with Crippen molar-refractivity contribution in [2.24, 2.45) is 0 Å². The molecule has 0 aliphatic carbocycles. The van der Waals surface area contributed by atoms with E-state index < -0.39 is 0 Å². The van der Waals surface area contributed by atoms with E-state index in [1.807, 2.05) is 42.5 Å². The first-order valence-electron chi connectivity index (χ1n) is 7.32. The minimum absolute atomic E-state index is 0.247. The van der Waals surface area contributed by atoms with Crippen molar-refractivity contribution in [3.8, 4) is 5.75 Å². The first-order chi connectivity index (χ1) is 11.9. The van der Waals surface area contributed by atoms with Crippen LogP contribution in [0.4, 0.5) is 4.79 Å². The molecule has 0 spiro atoms. The van der Waals surface area contributed by atoms with E-state index in [1.54, 1.807) is 6.08 Å². The topological polar surface area (TPSA) is 46.6 Å². The van der Waals surface area contributed by atoms with E-state index in [1.165, 1.54) is 10.6 Å². The Morgan fingerprint density at radius 2 is 1.84 bits per heavy atom. The first-order valence-corrected chi connectivity index (χ1v) is 10.3. The molecule has 0 saturated carbocycles. The van der Waals surface area contributed by atoms with Gasteiger partial charge in [0.2, 0.25) is 0 Å². The highest BCUT2D eigenvalue weighted by Crippen LogP contribution is 2.32. The lowest BCUT2D eigenvalue weighted by atomic mass is 10.2. The van der Waals surface area contributed by atoms with Gasteiger partial charge >= 0.3 is 0 Å². The number of rotatable bonds is 4. The van der Waals surface area contributed by atoms with Crippen LogP contribution in [0.3, 0.4) is 0 Å². The van der Waals surface area contributed by atoms with Gasteiger partial charge in [-0.2, -0.15) is 0 Å². The SMILES string of the molecule is CN1C(=O)S/C(=C\c2ccc(OCc3ccc(I)cc3)c(I)c2)C1=O. The number of halogens is 2. The average molecular weight is 577 g/mol. The molecule has 128 valence electrons. The second-order valence-corrected chi connectivity index (χ2v) is 8.75. The number of thioether (sulfide) groups is 1. The maximum absolute atomic E-state index is 11.9. The molecule has 0 atom stereocenters. The zero-order chi connectivity index (χ0) is 18.0. The van der Waals surface area contributed by atoms with Crippen LogP contribution in [0.2, 0.25) is 0 Å². The van der Waals surface area contributed by atoms with Gasteiger partial charge in [0.05, 0.1) is 8.48 Å². The number of ether oxygens (including phenoxy) is 1. The van der Waals surface area contributed by atoms with Gasteiger partial charge in [0.1, 0.15) is 12.4 Å². The van der Waals surface area contributed by atoms with E-state index >= 15 is 0 Å². The van der Waals surface area contributed by atoms with Crippen LogP contribution in [-0.4, -0.2) is 23.1 Å². The van der Waals surface area contributed by atoms with Crippen LogP contribution in [0, 0.1) is 7.14 Å². The number of carbonyl (C=O) groups is 2. The highest BCUT2D eigenvalue weighted by molar-refractivity contribution is 14.1. The fourth-order valence-corrected chi connectivity index (χ4v) is 4.04.